The highest BCUT2D eigenvalue weighted by atomic mass is 127. The molecule has 8 nitrogen and oxygen atoms in total. The van der Waals surface area contributed by atoms with Gasteiger partial charge in [0.2, 0.25) is 0 Å². The molecule has 0 bridgehead atoms. The number of aromatic hydroxyl groups is 1. The number of rotatable bonds is 7. The molecular formula is C23H33IN4O4. The van der Waals surface area contributed by atoms with E-state index in [0.717, 1.165) is 61.3 Å². The lowest BCUT2D eigenvalue weighted by Gasteiger charge is -2.36. The summed E-state index contributed by atoms with van der Waals surface area (Å²) in [5.74, 6) is 3.48. The zero-order chi connectivity index (χ0) is 22.2. The first-order chi connectivity index (χ1) is 15.1. The van der Waals surface area contributed by atoms with Crippen LogP contribution in [0.2, 0.25) is 0 Å². The van der Waals surface area contributed by atoms with Gasteiger partial charge in [-0.05, 0) is 36.4 Å². The second-order valence-corrected chi connectivity index (χ2v) is 7.34. The van der Waals surface area contributed by atoms with Gasteiger partial charge >= 0.3 is 0 Å². The number of nitrogens with one attached hydrogen (secondary N) is 1. The van der Waals surface area contributed by atoms with Crippen molar-refractivity contribution in [2.45, 2.75) is 13.1 Å². The van der Waals surface area contributed by atoms with Crippen molar-refractivity contribution in [1.82, 2.24) is 15.1 Å². The Morgan fingerprint density at radius 2 is 1.56 bits per heavy atom. The Bertz CT molecular complexity index is 902. The molecule has 0 unspecified atom stereocenters. The van der Waals surface area contributed by atoms with Gasteiger partial charge < -0.3 is 29.5 Å². The van der Waals surface area contributed by atoms with Crippen LogP contribution in [0.25, 0.3) is 0 Å². The second-order valence-electron chi connectivity index (χ2n) is 7.34. The molecule has 0 spiro atoms. The molecule has 1 aliphatic rings. The molecule has 1 heterocycles. The molecule has 1 aliphatic heterocycles. The summed E-state index contributed by atoms with van der Waals surface area (Å²) < 4.78 is 16.1. The molecule has 2 N–H and O–H groups in total. The molecule has 0 radical (unpaired) electrons. The molecule has 1 saturated heterocycles. The van der Waals surface area contributed by atoms with Crippen LogP contribution in [0.1, 0.15) is 11.1 Å². The second kappa shape index (κ2) is 12.6. The van der Waals surface area contributed by atoms with E-state index < -0.39 is 0 Å². The van der Waals surface area contributed by atoms with E-state index in [0.29, 0.717) is 12.3 Å². The number of nitrogens with zero attached hydrogens (tertiary/aromatic N) is 3. The van der Waals surface area contributed by atoms with Gasteiger partial charge in [0.05, 0.1) is 21.3 Å². The van der Waals surface area contributed by atoms with Gasteiger partial charge in [-0.3, -0.25) is 9.89 Å². The van der Waals surface area contributed by atoms with Crippen LogP contribution in [0.4, 0.5) is 0 Å². The average molecular weight is 556 g/mol. The smallest absolute Gasteiger partial charge is 0.194 e. The maximum atomic E-state index is 10.1. The van der Waals surface area contributed by atoms with Crippen LogP contribution in [-0.2, 0) is 13.1 Å². The zero-order valence-electron chi connectivity index (χ0n) is 19.1. The van der Waals surface area contributed by atoms with Gasteiger partial charge in [0.25, 0.3) is 0 Å². The number of aliphatic imine (C=N–C) groups is 1. The monoisotopic (exact) mass is 556 g/mol. The Kier molecular flexibility index (Phi) is 10.2. The van der Waals surface area contributed by atoms with Crippen LogP contribution < -0.4 is 19.5 Å². The van der Waals surface area contributed by atoms with Crippen molar-refractivity contribution in [3.05, 3.63) is 47.5 Å². The lowest BCUT2D eigenvalue weighted by atomic mass is 10.1. The van der Waals surface area contributed by atoms with E-state index in [1.165, 1.54) is 0 Å². The summed E-state index contributed by atoms with van der Waals surface area (Å²) in [6, 6.07) is 11.1. The number of guanidine groups is 1. The van der Waals surface area contributed by atoms with Crippen molar-refractivity contribution in [3.8, 4) is 23.0 Å². The maximum absolute atomic E-state index is 10.1. The lowest BCUT2D eigenvalue weighted by Crippen LogP contribution is -2.52. The number of piperazine rings is 1. The van der Waals surface area contributed by atoms with Gasteiger partial charge in [-0.15, -0.1) is 24.0 Å². The Morgan fingerprint density at radius 1 is 0.938 bits per heavy atom. The maximum Gasteiger partial charge on any atom is 0.194 e. The van der Waals surface area contributed by atoms with E-state index in [4.69, 9.17) is 14.2 Å². The molecule has 9 heteroatoms. The summed E-state index contributed by atoms with van der Waals surface area (Å²) in [5.41, 5.74) is 1.88. The lowest BCUT2D eigenvalue weighted by molar-refractivity contribution is 0.171. The predicted octanol–water partition coefficient (Wildman–Crippen LogP) is 2.93. The minimum atomic E-state index is 0. The van der Waals surface area contributed by atoms with E-state index in [1.54, 1.807) is 40.5 Å². The molecule has 0 aliphatic carbocycles. The molecule has 2 aromatic carbocycles. The molecule has 176 valence electrons. The topological polar surface area (TPSA) is 78.8 Å². The van der Waals surface area contributed by atoms with E-state index >= 15 is 0 Å². The van der Waals surface area contributed by atoms with E-state index in [2.05, 4.69) is 20.1 Å². The number of ether oxygens (including phenoxy) is 3. The van der Waals surface area contributed by atoms with Crippen molar-refractivity contribution < 1.29 is 19.3 Å². The van der Waals surface area contributed by atoms with Crippen LogP contribution in [0, 0.1) is 0 Å². The van der Waals surface area contributed by atoms with Crippen LogP contribution in [0.15, 0.2) is 41.4 Å². The highest BCUT2D eigenvalue weighted by molar-refractivity contribution is 14.0. The number of phenols is 1. The average Bonchev–Trinajstić information content (AvgIpc) is 2.81. The molecule has 1 fully saturated rings. The van der Waals surface area contributed by atoms with Crippen LogP contribution in [-0.4, -0.2) is 75.4 Å². The zero-order valence-corrected chi connectivity index (χ0v) is 21.5. The highest BCUT2D eigenvalue weighted by Gasteiger charge is 2.21. The number of methoxy groups -OCH3 is 3. The van der Waals surface area contributed by atoms with Gasteiger partial charge in [-0.2, -0.15) is 0 Å². The van der Waals surface area contributed by atoms with Gasteiger partial charge in [0.15, 0.2) is 5.96 Å². The molecule has 0 aromatic heterocycles. The summed E-state index contributed by atoms with van der Waals surface area (Å²) in [6.07, 6.45) is 0. The fraction of sp³-hybridized carbons (Fsp3) is 0.435. The number of hydrogen-bond acceptors (Lipinski definition) is 6. The van der Waals surface area contributed by atoms with Gasteiger partial charge in [-0.1, -0.05) is 0 Å². The third kappa shape index (κ3) is 6.55. The quantitative estimate of drug-likeness (QED) is 0.309. The molecule has 0 atom stereocenters. The number of hydrogen-bond donors (Lipinski definition) is 2. The highest BCUT2D eigenvalue weighted by Crippen LogP contribution is 2.26. The Balaban J connectivity index is 0.00000363. The molecular weight excluding hydrogens is 523 g/mol. The Morgan fingerprint density at radius 3 is 2.16 bits per heavy atom. The van der Waals surface area contributed by atoms with Crippen molar-refractivity contribution in [3.63, 3.8) is 0 Å². The molecule has 0 saturated carbocycles. The molecule has 2 aromatic rings. The largest absolute Gasteiger partial charge is 0.508 e. The van der Waals surface area contributed by atoms with Crippen molar-refractivity contribution in [2.75, 3.05) is 54.6 Å². The van der Waals surface area contributed by atoms with Crippen molar-refractivity contribution in [2.24, 2.45) is 4.99 Å². The predicted molar refractivity (Wildman–Crippen MR) is 137 cm³/mol. The van der Waals surface area contributed by atoms with Crippen molar-refractivity contribution in [1.29, 1.82) is 0 Å². The van der Waals surface area contributed by atoms with Crippen LogP contribution in [0.5, 0.6) is 23.0 Å². The first kappa shape index (κ1) is 25.9. The summed E-state index contributed by atoms with van der Waals surface area (Å²) in [7, 11) is 6.76. The number of benzene rings is 2. The number of phenolic OH excluding ortho intramolecular Hbond substituents is 1. The summed E-state index contributed by atoms with van der Waals surface area (Å²) in [5, 5.41) is 13.5. The first-order valence-electron chi connectivity index (χ1n) is 10.3. The summed E-state index contributed by atoms with van der Waals surface area (Å²) >= 11 is 0. The number of halogens is 1. The van der Waals surface area contributed by atoms with Crippen molar-refractivity contribution >= 4 is 29.9 Å². The summed E-state index contributed by atoms with van der Waals surface area (Å²) in [4.78, 5) is 9.05. The van der Waals surface area contributed by atoms with Gasteiger partial charge in [0, 0.05) is 57.4 Å². The minimum Gasteiger partial charge on any atom is -0.508 e. The Hall–Kier alpha value is -2.40. The van der Waals surface area contributed by atoms with E-state index in [-0.39, 0.29) is 29.7 Å². The fourth-order valence-electron chi connectivity index (χ4n) is 3.70. The SMILES string of the molecule is CN=C(NCc1cc(OC)ccc1O)N1CCN(Cc2cc(OC)ccc2OC)CC1.I. The van der Waals surface area contributed by atoms with Crippen LogP contribution in [0.3, 0.4) is 0 Å². The standard InChI is InChI=1S/C23H32N4O4.HI/c1-24-23(25-15-17-13-19(29-2)5-7-21(17)28)27-11-9-26(10-12-27)16-18-14-20(30-3)6-8-22(18)31-4;/h5-8,13-14,28H,9-12,15-16H2,1-4H3,(H,24,25);1H. The third-order valence-electron chi connectivity index (χ3n) is 5.49. The normalized spacial score (nSPS) is 14.5. The van der Waals surface area contributed by atoms with Gasteiger partial charge in [-0.25, -0.2) is 0 Å². The van der Waals surface area contributed by atoms with E-state index in [1.807, 2.05) is 24.3 Å². The van der Waals surface area contributed by atoms with Gasteiger partial charge in [0.1, 0.15) is 23.0 Å². The molecule has 0 amide bonds. The molecule has 3 rings (SSSR count). The third-order valence-corrected chi connectivity index (χ3v) is 5.49. The van der Waals surface area contributed by atoms with E-state index in [9.17, 15) is 5.11 Å². The Labute approximate surface area is 207 Å². The molecule has 32 heavy (non-hydrogen) atoms. The minimum absolute atomic E-state index is 0. The fourth-order valence-corrected chi connectivity index (χ4v) is 3.70. The first-order valence-corrected chi connectivity index (χ1v) is 10.3. The van der Waals surface area contributed by atoms with Crippen LogP contribution >= 0.6 is 24.0 Å². The summed E-state index contributed by atoms with van der Waals surface area (Å²) in [6.45, 7) is 4.80.